The summed E-state index contributed by atoms with van der Waals surface area (Å²) in [7, 11) is 1.59. The van der Waals surface area contributed by atoms with Crippen LogP contribution in [0.4, 0.5) is 0 Å². The lowest BCUT2D eigenvalue weighted by Crippen LogP contribution is -2.40. The number of hydrogen-bond acceptors (Lipinski definition) is 4. The summed E-state index contributed by atoms with van der Waals surface area (Å²) in [6.07, 6.45) is 4.09. The Hall–Kier alpha value is -2.66. The number of nitrogens with one attached hydrogen (secondary N) is 1. The molecule has 154 valence electrons. The zero-order valence-corrected chi connectivity index (χ0v) is 17.1. The molecule has 5 nitrogen and oxygen atoms in total. The number of ketones is 1. The number of likely N-dealkylation sites (tertiary alicyclic amines) is 1. The van der Waals surface area contributed by atoms with Crippen molar-refractivity contribution >= 4 is 11.7 Å². The average molecular weight is 395 g/mol. The zero-order valence-electron chi connectivity index (χ0n) is 17.1. The summed E-state index contributed by atoms with van der Waals surface area (Å²) in [5.41, 5.74) is 1.83. The van der Waals surface area contributed by atoms with E-state index in [0.717, 1.165) is 13.1 Å². The number of methoxy groups -OCH3 is 1. The number of nitrogens with zero attached hydrogens (tertiary/aromatic N) is 1. The molecule has 1 heterocycles. The third-order valence-corrected chi connectivity index (χ3v) is 5.50. The Labute approximate surface area is 173 Å². The molecule has 2 aromatic carbocycles. The van der Waals surface area contributed by atoms with Crippen LogP contribution >= 0.6 is 0 Å². The number of piperidine rings is 1. The van der Waals surface area contributed by atoms with Crippen molar-refractivity contribution in [3.05, 3.63) is 65.7 Å². The molecule has 0 aliphatic carbocycles. The highest BCUT2D eigenvalue weighted by atomic mass is 16.5. The smallest absolute Gasteiger partial charge is 0.220 e. The SMILES string of the molecule is COc1ccc(C(=O)CCC(=O)NCC(c2ccccc2)N2CCCCC2)cc1. The zero-order chi connectivity index (χ0) is 20.5. The maximum Gasteiger partial charge on any atom is 0.220 e. The van der Waals surface area contributed by atoms with Gasteiger partial charge < -0.3 is 10.1 Å². The molecular formula is C24H30N2O3. The fraction of sp³-hybridized carbons (Fsp3) is 0.417. The second kappa shape index (κ2) is 10.8. The molecule has 1 atom stereocenters. The van der Waals surface area contributed by atoms with Gasteiger partial charge in [0.2, 0.25) is 5.91 Å². The quantitative estimate of drug-likeness (QED) is 0.653. The molecule has 0 radical (unpaired) electrons. The van der Waals surface area contributed by atoms with Gasteiger partial charge in [0.1, 0.15) is 5.75 Å². The van der Waals surface area contributed by atoms with Gasteiger partial charge in [-0.15, -0.1) is 0 Å². The van der Waals surface area contributed by atoms with Crippen LogP contribution in [0.25, 0.3) is 0 Å². The molecule has 1 fully saturated rings. The van der Waals surface area contributed by atoms with E-state index in [2.05, 4.69) is 22.3 Å². The van der Waals surface area contributed by atoms with E-state index in [1.54, 1.807) is 31.4 Å². The van der Waals surface area contributed by atoms with Crippen molar-refractivity contribution in [3.8, 4) is 5.75 Å². The van der Waals surface area contributed by atoms with Gasteiger partial charge in [0.15, 0.2) is 5.78 Å². The Morgan fingerprint density at radius 1 is 0.966 bits per heavy atom. The highest BCUT2D eigenvalue weighted by molar-refractivity contribution is 5.98. The lowest BCUT2D eigenvalue weighted by molar-refractivity contribution is -0.121. The minimum atomic E-state index is -0.0789. The minimum Gasteiger partial charge on any atom is -0.497 e. The molecule has 1 amide bonds. The molecule has 2 aromatic rings. The predicted molar refractivity (Wildman–Crippen MR) is 114 cm³/mol. The van der Waals surface area contributed by atoms with E-state index in [9.17, 15) is 9.59 Å². The first-order chi connectivity index (χ1) is 14.2. The van der Waals surface area contributed by atoms with Crippen LogP contribution in [0.2, 0.25) is 0 Å². The highest BCUT2D eigenvalue weighted by Crippen LogP contribution is 2.24. The molecule has 0 spiro atoms. The predicted octanol–water partition coefficient (Wildman–Crippen LogP) is 4.00. The van der Waals surface area contributed by atoms with E-state index >= 15 is 0 Å². The summed E-state index contributed by atoms with van der Waals surface area (Å²) in [6, 6.07) is 17.5. The molecule has 1 aliphatic heterocycles. The Morgan fingerprint density at radius 2 is 1.66 bits per heavy atom. The van der Waals surface area contributed by atoms with Gasteiger partial charge in [0.25, 0.3) is 0 Å². The van der Waals surface area contributed by atoms with Crippen LogP contribution in [0.3, 0.4) is 0 Å². The van der Waals surface area contributed by atoms with E-state index in [-0.39, 0.29) is 30.6 Å². The first kappa shape index (κ1) is 21.1. The van der Waals surface area contributed by atoms with Gasteiger partial charge in [-0.2, -0.15) is 0 Å². The normalized spacial score (nSPS) is 15.5. The van der Waals surface area contributed by atoms with Crippen LogP contribution in [0.15, 0.2) is 54.6 Å². The number of benzene rings is 2. The van der Waals surface area contributed by atoms with Crippen LogP contribution < -0.4 is 10.1 Å². The maximum atomic E-state index is 12.4. The number of rotatable bonds is 9. The van der Waals surface area contributed by atoms with Gasteiger partial charge in [-0.25, -0.2) is 0 Å². The van der Waals surface area contributed by atoms with Crippen molar-refractivity contribution < 1.29 is 14.3 Å². The molecule has 29 heavy (non-hydrogen) atoms. The fourth-order valence-electron chi connectivity index (χ4n) is 3.81. The second-order valence-corrected chi connectivity index (χ2v) is 7.48. The van der Waals surface area contributed by atoms with Crippen molar-refractivity contribution in [2.24, 2.45) is 0 Å². The third kappa shape index (κ3) is 6.16. The number of carbonyl (C=O) groups excluding carboxylic acids is 2. The highest BCUT2D eigenvalue weighted by Gasteiger charge is 2.22. The molecule has 0 bridgehead atoms. The van der Waals surface area contributed by atoms with Gasteiger partial charge in [0, 0.05) is 24.9 Å². The minimum absolute atomic E-state index is 0.0292. The summed E-state index contributed by atoms with van der Waals surface area (Å²) >= 11 is 0. The van der Waals surface area contributed by atoms with Crippen molar-refractivity contribution in [2.45, 2.75) is 38.1 Å². The first-order valence-electron chi connectivity index (χ1n) is 10.4. The van der Waals surface area contributed by atoms with E-state index in [1.165, 1.54) is 24.8 Å². The summed E-state index contributed by atoms with van der Waals surface area (Å²) in [4.78, 5) is 27.2. The van der Waals surface area contributed by atoms with Crippen LogP contribution in [-0.2, 0) is 4.79 Å². The van der Waals surface area contributed by atoms with E-state index < -0.39 is 0 Å². The van der Waals surface area contributed by atoms with Gasteiger partial charge in [0.05, 0.1) is 13.2 Å². The summed E-state index contributed by atoms with van der Waals surface area (Å²) in [5, 5.41) is 3.05. The van der Waals surface area contributed by atoms with Gasteiger partial charge in [-0.3, -0.25) is 14.5 Å². The van der Waals surface area contributed by atoms with E-state index in [4.69, 9.17) is 4.74 Å². The third-order valence-electron chi connectivity index (χ3n) is 5.50. The molecule has 1 aliphatic rings. The standard InChI is InChI=1S/C24H30N2O3/c1-29-21-12-10-20(11-13-21)23(27)14-15-24(28)25-18-22(19-8-4-2-5-9-19)26-16-6-3-7-17-26/h2,4-5,8-13,22H,3,6-7,14-18H2,1H3,(H,25,28). The fourth-order valence-corrected chi connectivity index (χ4v) is 3.81. The second-order valence-electron chi connectivity index (χ2n) is 7.48. The van der Waals surface area contributed by atoms with Gasteiger partial charge in [-0.05, 0) is 55.8 Å². The van der Waals surface area contributed by atoms with Crippen LogP contribution in [0, 0.1) is 0 Å². The summed E-state index contributed by atoms with van der Waals surface area (Å²) < 4.78 is 5.11. The van der Waals surface area contributed by atoms with Crippen LogP contribution in [-0.4, -0.2) is 43.3 Å². The Morgan fingerprint density at radius 3 is 2.31 bits per heavy atom. The van der Waals surface area contributed by atoms with Gasteiger partial charge in [-0.1, -0.05) is 36.8 Å². The lowest BCUT2D eigenvalue weighted by Gasteiger charge is -2.35. The monoisotopic (exact) mass is 394 g/mol. The van der Waals surface area contributed by atoms with Crippen molar-refractivity contribution in [2.75, 3.05) is 26.7 Å². The summed E-state index contributed by atoms with van der Waals surface area (Å²) in [5.74, 6) is 0.604. The molecule has 5 heteroatoms. The molecule has 1 unspecified atom stereocenters. The molecular weight excluding hydrogens is 364 g/mol. The molecule has 1 N–H and O–H groups in total. The summed E-state index contributed by atoms with van der Waals surface area (Å²) in [6.45, 7) is 2.69. The maximum absolute atomic E-state index is 12.4. The average Bonchev–Trinajstić information content (AvgIpc) is 2.79. The van der Waals surface area contributed by atoms with Crippen LogP contribution in [0.1, 0.15) is 54.1 Å². The molecule has 0 aromatic heterocycles. The Bertz CT molecular complexity index is 784. The lowest BCUT2D eigenvalue weighted by atomic mass is 10.0. The van der Waals surface area contributed by atoms with Crippen molar-refractivity contribution in [1.82, 2.24) is 10.2 Å². The Kier molecular flexibility index (Phi) is 7.82. The number of Topliss-reactive ketones (excluding diaryl/α,β-unsaturated/α-hetero) is 1. The largest absolute Gasteiger partial charge is 0.497 e. The first-order valence-corrected chi connectivity index (χ1v) is 10.4. The van der Waals surface area contributed by atoms with Crippen LogP contribution in [0.5, 0.6) is 5.75 Å². The van der Waals surface area contributed by atoms with Gasteiger partial charge >= 0.3 is 0 Å². The van der Waals surface area contributed by atoms with Crippen molar-refractivity contribution in [3.63, 3.8) is 0 Å². The van der Waals surface area contributed by atoms with E-state index in [1.807, 2.05) is 18.2 Å². The number of amides is 1. The van der Waals surface area contributed by atoms with E-state index in [0.29, 0.717) is 17.9 Å². The number of carbonyl (C=O) groups is 2. The topological polar surface area (TPSA) is 58.6 Å². The Balaban J connectivity index is 1.52. The van der Waals surface area contributed by atoms with Crippen molar-refractivity contribution in [1.29, 1.82) is 0 Å². The molecule has 0 saturated carbocycles. The molecule has 1 saturated heterocycles. The number of hydrogen-bond donors (Lipinski definition) is 1. The number of ether oxygens (including phenoxy) is 1. The molecule has 3 rings (SSSR count).